The molecule has 0 spiro atoms. The third-order valence-corrected chi connectivity index (χ3v) is 5.57. The number of H-pyrrole nitrogens is 1. The van der Waals surface area contributed by atoms with E-state index in [9.17, 15) is 4.79 Å². The molecule has 4 rings (SSSR count). The highest BCUT2D eigenvalue weighted by atomic mass is 32.2. The molecule has 0 fully saturated rings. The second-order valence-corrected chi connectivity index (χ2v) is 8.65. The average molecular weight is 576 g/mol. The van der Waals surface area contributed by atoms with Crippen molar-refractivity contribution < 1.29 is 14.3 Å². The van der Waals surface area contributed by atoms with Crippen LogP contribution in [0.4, 0.5) is 23.0 Å². The number of hydrogen-bond donors (Lipinski definition) is 4. The molecule has 0 unspecified atom stereocenters. The molecule has 0 radical (unpaired) electrons. The van der Waals surface area contributed by atoms with Gasteiger partial charge < -0.3 is 29.8 Å². The standard InChI is InChI=1S/C19H24N4O2S.C7H7NO.C4H6N2/c1-6-8-9-17-16(7-2)21-19(23-26-5)18(22-17)20-13-10-14(24-3)12-15(11-13)25-4;9-6-8-7-4-2-1-3-5-7;1-4-5-2-3-6-4/h6,8-12H,1,7H2,2-5H3,(H,20,22)(H,21,23);1-6H,(H,8,9);2-3H,1H3,(H,5,6)/b9-8-;;. The van der Waals surface area contributed by atoms with E-state index in [1.807, 2.05) is 73.9 Å². The van der Waals surface area contributed by atoms with Crippen molar-refractivity contribution in [3.05, 3.63) is 96.9 Å². The molecule has 2 aromatic heterocycles. The highest BCUT2D eigenvalue weighted by molar-refractivity contribution is 7.99. The number of anilines is 4. The van der Waals surface area contributed by atoms with E-state index in [1.165, 1.54) is 11.9 Å². The van der Waals surface area contributed by atoms with E-state index in [1.54, 1.807) is 32.7 Å². The van der Waals surface area contributed by atoms with Crippen molar-refractivity contribution in [1.82, 2.24) is 19.9 Å². The molecule has 10 nitrogen and oxygen atoms in total. The molecule has 2 heterocycles. The van der Waals surface area contributed by atoms with Crippen molar-refractivity contribution in [2.75, 3.05) is 35.8 Å². The quantitative estimate of drug-likeness (QED) is 0.0882. The Labute approximate surface area is 245 Å². The van der Waals surface area contributed by atoms with Crippen LogP contribution < -0.4 is 24.8 Å². The fraction of sp³-hybridized carbons (Fsp3) is 0.200. The van der Waals surface area contributed by atoms with Gasteiger partial charge in [-0.05, 0) is 31.6 Å². The Morgan fingerprint density at radius 1 is 1.02 bits per heavy atom. The van der Waals surface area contributed by atoms with Crippen LogP contribution in [-0.4, -0.2) is 46.8 Å². The van der Waals surface area contributed by atoms with Crippen LogP contribution in [0, 0.1) is 6.92 Å². The molecule has 0 aliphatic rings. The zero-order valence-electron chi connectivity index (χ0n) is 24.0. The molecular weight excluding hydrogens is 538 g/mol. The SMILES string of the molecule is C=C/C=C\c1nc(Nc2cc(OC)cc(OC)c2)c(NSC)nc1CC.Cc1ncc[nH]1.O=CNc1ccccc1. The van der Waals surface area contributed by atoms with Crippen molar-refractivity contribution >= 4 is 47.4 Å². The third kappa shape index (κ3) is 11.5. The molecule has 0 atom stereocenters. The molecule has 0 saturated heterocycles. The van der Waals surface area contributed by atoms with Crippen LogP contribution >= 0.6 is 11.9 Å². The number of carbonyl (C=O) groups excluding carboxylic acids is 1. The summed E-state index contributed by atoms with van der Waals surface area (Å²) in [7, 11) is 3.24. The van der Waals surface area contributed by atoms with Crippen molar-refractivity contribution in [1.29, 1.82) is 0 Å². The summed E-state index contributed by atoms with van der Waals surface area (Å²) in [6.07, 6.45) is 12.4. The van der Waals surface area contributed by atoms with Crippen LogP contribution in [0.2, 0.25) is 0 Å². The fourth-order valence-corrected chi connectivity index (χ4v) is 3.59. The number of aromatic amines is 1. The number of methoxy groups -OCH3 is 2. The molecule has 216 valence electrons. The topological polar surface area (TPSA) is 126 Å². The minimum absolute atomic E-state index is 0.621. The fourth-order valence-electron chi connectivity index (χ4n) is 3.25. The number of amides is 1. The Morgan fingerprint density at radius 2 is 1.73 bits per heavy atom. The summed E-state index contributed by atoms with van der Waals surface area (Å²) in [5.41, 5.74) is 3.33. The first-order chi connectivity index (χ1) is 20.0. The number of benzene rings is 2. The van der Waals surface area contributed by atoms with E-state index in [4.69, 9.17) is 19.4 Å². The molecule has 41 heavy (non-hydrogen) atoms. The number of imidazole rings is 1. The summed E-state index contributed by atoms with van der Waals surface area (Å²) in [4.78, 5) is 26.1. The van der Waals surface area contributed by atoms with Gasteiger partial charge in [-0.15, -0.1) is 0 Å². The van der Waals surface area contributed by atoms with Crippen molar-refractivity contribution in [3.63, 3.8) is 0 Å². The largest absolute Gasteiger partial charge is 0.497 e. The predicted octanol–water partition coefficient (Wildman–Crippen LogP) is 6.66. The molecule has 2 aromatic carbocycles. The second kappa shape index (κ2) is 18.5. The number of ether oxygens (including phenoxy) is 2. The molecule has 0 saturated carbocycles. The molecule has 11 heteroatoms. The molecule has 1 amide bonds. The van der Waals surface area contributed by atoms with Gasteiger partial charge in [-0.2, -0.15) is 0 Å². The van der Waals surface area contributed by atoms with Crippen LogP contribution in [0.25, 0.3) is 6.08 Å². The zero-order chi connectivity index (χ0) is 29.9. The van der Waals surface area contributed by atoms with Crippen molar-refractivity contribution in [2.24, 2.45) is 0 Å². The number of aromatic nitrogens is 4. The highest BCUT2D eigenvalue weighted by Gasteiger charge is 2.13. The lowest BCUT2D eigenvalue weighted by Crippen LogP contribution is -2.06. The Bertz CT molecular complexity index is 1340. The smallest absolute Gasteiger partial charge is 0.211 e. The van der Waals surface area contributed by atoms with Gasteiger partial charge >= 0.3 is 0 Å². The van der Waals surface area contributed by atoms with E-state index in [0.29, 0.717) is 29.5 Å². The second-order valence-electron chi connectivity index (χ2n) is 8.04. The van der Waals surface area contributed by atoms with Gasteiger partial charge in [0, 0.05) is 48.2 Å². The number of para-hydroxylation sites is 1. The Morgan fingerprint density at radius 3 is 2.22 bits per heavy atom. The predicted molar refractivity (Wildman–Crippen MR) is 170 cm³/mol. The number of allylic oxidation sites excluding steroid dienone is 2. The molecular formula is C30H37N7O3S. The van der Waals surface area contributed by atoms with E-state index in [0.717, 1.165) is 35.0 Å². The maximum atomic E-state index is 9.86. The van der Waals surface area contributed by atoms with Crippen molar-refractivity contribution in [2.45, 2.75) is 20.3 Å². The molecule has 4 N–H and O–H groups in total. The summed E-state index contributed by atoms with van der Waals surface area (Å²) >= 11 is 1.46. The average Bonchev–Trinajstić information content (AvgIpc) is 3.49. The van der Waals surface area contributed by atoms with Gasteiger partial charge in [0.1, 0.15) is 17.3 Å². The molecule has 4 aromatic rings. The monoisotopic (exact) mass is 575 g/mol. The van der Waals surface area contributed by atoms with Crippen LogP contribution in [-0.2, 0) is 11.2 Å². The summed E-state index contributed by atoms with van der Waals surface area (Å²) in [6.45, 7) is 7.68. The summed E-state index contributed by atoms with van der Waals surface area (Å²) in [5.74, 6) is 3.64. The third-order valence-electron chi connectivity index (χ3n) is 5.17. The first kappa shape index (κ1) is 32.4. The number of nitrogens with one attached hydrogen (secondary N) is 4. The minimum atomic E-state index is 0.621. The number of nitrogens with zero attached hydrogens (tertiary/aromatic N) is 3. The van der Waals surface area contributed by atoms with Gasteiger partial charge in [-0.25, -0.2) is 15.0 Å². The number of hydrogen-bond acceptors (Lipinski definition) is 9. The van der Waals surface area contributed by atoms with Gasteiger partial charge in [-0.3, -0.25) is 4.79 Å². The van der Waals surface area contributed by atoms with E-state index >= 15 is 0 Å². The number of rotatable bonds is 11. The molecule has 0 aliphatic carbocycles. The summed E-state index contributed by atoms with van der Waals surface area (Å²) in [5, 5.41) is 5.83. The summed E-state index contributed by atoms with van der Waals surface area (Å²) < 4.78 is 13.8. The Hall–Kier alpha value is -4.77. The van der Waals surface area contributed by atoms with E-state index < -0.39 is 0 Å². The van der Waals surface area contributed by atoms with Crippen molar-refractivity contribution in [3.8, 4) is 11.5 Å². The molecule has 0 bridgehead atoms. The Balaban J connectivity index is 0.000000315. The van der Waals surface area contributed by atoms with Gasteiger partial charge in [0.15, 0.2) is 11.6 Å². The number of aryl methyl sites for hydroxylation is 2. The lowest BCUT2D eigenvalue weighted by molar-refractivity contribution is -0.105. The lowest BCUT2D eigenvalue weighted by Gasteiger charge is -2.15. The first-order valence-electron chi connectivity index (χ1n) is 12.7. The van der Waals surface area contributed by atoms with Crippen LogP contribution in [0.1, 0.15) is 24.1 Å². The minimum Gasteiger partial charge on any atom is -0.497 e. The highest BCUT2D eigenvalue weighted by Crippen LogP contribution is 2.31. The van der Waals surface area contributed by atoms with E-state index in [2.05, 4.69) is 38.8 Å². The number of carbonyl (C=O) groups is 1. The van der Waals surface area contributed by atoms with Gasteiger partial charge in [0.2, 0.25) is 6.41 Å². The first-order valence-corrected chi connectivity index (χ1v) is 13.9. The molecule has 0 aliphatic heterocycles. The van der Waals surface area contributed by atoms with Gasteiger partial charge in [0.25, 0.3) is 0 Å². The van der Waals surface area contributed by atoms with Gasteiger partial charge in [-0.1, -0.05) is 55.8 Å². The van der Waals surface area contributed by atoms with Crippen LogP contribution in [0.5, 0.6) is 11.5 Å². The lowest BCUT2D eigenvalue weighted by atomic mass is 10.2. The van der Waals surface area contributed by atoms with Gasteiger partial charge in [0.05, 0.1) is 25.6 Å². The van der Waals surface area contributed by atoms with Crippen LogP contribution in [0.3, 0.4) is 0 Å². The normalized spacial score (nSPS) is 9.88. The zero-order valence-corrected chi connectivity index (χ0v) is 24.8. The van der Waals surface area contributed by atoms with Crippen LogP contribution in [0.15, 0.2) is 79.7 Å². The van der Waals surface area contributed by atoms with E-state index in [-0.39, 0.29) is 0 Å². The Kier molecular flexibility index (Phi) is 14.6. The maximum absolute atomic E-state index is 9.86. The maximum Gasteiger partial charge on any atom is 0.211 e. The summed E-state index contributed by atoms with van der Waals surface area (Å²) in [6, 6.07) is 14.9.